The summed E-state index contributed by atoms with van der Waals surface area (Å²) >= 11 is 0. The van der Waals surface area contributed by atoms with Crippen LogP contribution in [0.5, 0.6) is 0 Å². The third kappa shape index (κ3) is 4.37. The van der Waals surface area contributed by atoms with Crippen molar-refractivity contribution in [3.8, 4) is 0 Å². The minimum atomic E-state index is -1.31. The molecule has 1 aromatic rings. The highest BCUT2D eigenvalue weighted by molar-refractivity contribution is 5.82. The standard InChI is InChI=1S/C9H15N5O4/c1-14-5-11-7(13-14)2-3-10-9(18)12-6(4-15)8(16)17/h5-6,15H,2-4H2,1H3,(H,16,17)(H2,10,12,18). The number of carboxylic acids is 1. The number of carbonyl (C=O) groups is 2. The number of carbonyl (C=O) groups excluding carboxylic acids is 1. The number of nitrogens with one attached hydrogen (secondary N) is 2. The van der Waals surface area contributed by atoms with Crippen LogP contribution in [0.1, 0.15) is 5.82 Å². The summed E-state index contributed by atoms with van der Waals surface area (Å²) in [6.07, 6.45) is 1.98. The second kappa shape index (κ2) is 6.55. The van der Waals surface area contributed by atoms with E-state index in [0.717, 1.165) is 0 Å². The number of aliphatic carboxylic acids is 1. The number of hydrogen-bond donors (Lipinski definition) is 4. The molecular weight excluding hydrogens is 242 g/mol. The summed E-state index contributed by atoms with van der Waals surface area (Å²) < 4.78 is 1.54. The molecule has 100 valence electrons. The van der Waals surface area contributed by atoms with E-state index in [4.69, 9.17) is 10.2 Å². The first-order chi connectivity index (χ1) is 8.52. The monoisotopic (exact) mass is 257 g/mol. The second-order valence-electron chi connectivity index (χ2n) is 3.56. The molecule has 2 amide bonds. The molecule has 0 bridgehead atoms. The summed E-state index contributed by atoms with van der Waals surface area (Å²) in [4.78, 5) is 25.8. The number of aromatic nitrogens is 3. The Morgan fingerprint density at radius 3 is 2.78 bits per heavy atom. The Bertz CT molecular complexity index is 419. The molecule has 0 aliphatic rings. The molecule has 0 radical (unpaired) electrons. The SMILES string of the molecule is Cn1cnc(CCNC(=O)NC(CO)C(=O)O)n1. The highest BCUT2D eigenvalue weighted by atomic mass is 16.4. The van der Waals surface area contributed by atoms with Crippen molar-refractivity contribution in [1.29, 1.82) is 0 Å². The molecular formula is C9H15N5O4. The Balaban J connectivity index is 2.26. The zero-order valence-corrected chi connectivity index (χ0v) is 9.83. The number of amides is 2. The van der Waals surface area contributed by atoms with Gasteiger partial charge in [0.2, 0.25) is 0 Å². The first-order valence-electron chi connectivity index (χ1n) is 5.25. The Morgan fingerprint density at radius 1 is 1.56 bits per heavy atom. The maximum atomic E-state index is 11.3. The smallest absolute Gasteiger partial charge is 0.328 e. The van der Waals surface area contributed by atoms with E-state index in [9.17, 15) is 9.59 Å². The van der Waals surface area contributed by atoms with Crippen LogP contribution in [0.4, 0.5) is 4.79 Å². The number of hydrogen-bond acceptors (Lipinski definition) is 5. The third-order valence-corrected chi connectivity index (χ3v) is 2.07. The maximum absolute atomic E-state index is 11.3. The Morgan fingerprint density at radius 2 is 2.28 bits per heavy atom. The first kappa shape index (κ1) is 13.9. The average molecular weight is 257 g/mol. The molecule has 0 aromatic carbocycles. The van der Waals surface area contributed by atoms with E-state index in [1.807, 2.05) is 0 Å². The van der Waals surface area contributed by atoms with Crippen LogP contribution in [0.2, 0.25) is 0 Å². The van der Waals surface area contributed by atoms with Gasteiger partial charge < -0.3 is 20.8 Å². The van der Waals surface area contributed by atoms with Crippen LogP contribution in [0.25, 0.3) is 0 Å². The summed E-state index contributed by atoms with van der Waals surface area (Å²) in [5.41, 5.74) is 0. The number of aryl methyl sites for hydroxylation is 1. The van der Waals surface area contributed by atoms with Crippen LogP contribution in [-0.4, -0.2) is 56.2 Å². The number of urea groups is 1. The molecule has 9 heteroatoms. The van der Waals surface area contributed by atoms with Crippen molar-refractivity contribution < 1.29 is 19.8 Å². The minimum absolute atomic E-state index is 0.271. The molecule has 1 rings (SSSR count). The summed E-state index contributed by atoms with van der Waals surface area (Å²) in [6, 6.07) is -1.97. The summed E-state index contributed by atoms with van der Waals surface area (Å²) in [5, 5.41) is 25.9. The normalized spacial score (nSPS) is 11.9. The Hall–Kier alpha value is -2.16. The summed E-state index contributed by atoms with van der Waals surface area (Å²) in [5.74, 6) is -0.714. The van der Waals surface area contributed by atoms with Gasteiger partial charge in [0, 0.05) is 20.0 Å². The fourth-order valence-corrected chi connectivity index (χ4v) is 1.18. The van der Waals surface area contributed by atoms with Gasteiger partial charge in [0.15, 0.2) is 11.9 Å². The maximum Gasteiger partial charge on any atom is 0.328 e. The van der Waals surface area contributed by atoms with E-state index in [0.29, 0.717) is 12.2 Å². The quantitative estimate of drug-likeness (QED) is 0.471. The molecule has 1 atom stereocenters. The number of aliphatic hydroxyl groups is 1. The van der Waals surface area contributed by atoms with Crippen molar-refractivity contribution in [2.45, 2.75) is 12.5 Å². The zero-order valence-electron chi connectivity index (χ0n) is 9.83. The van der Waals surface area contributed by atoms with Crippen molar-refractivity contribution in [3.05, 3.63) is 12.2 Å². The van der Waals surface area contributed by atoms with Gasteiger partial charge in [-0.05, 0) is 0 Å². The van der Waals surface area contributed by atoms with Crippen LogP contribution in [-0.2, 0) is 18.3 Å². The molecule has 1 unspecified atom stereocenters. The van der Waals surface area contributed by atoms with Gasteiger partial charge >= 0.3 is 12.0 Å². The largest absolute Gasteiger partial charge is 0.480 e. The highest BCUT2D eigenvalue weighted by Crippen LogP contribution is 1.88. The van der Waals surface area contributed by atoms with Gasteiger partial charge in [0.25, 0.3) is 0 Å². The molecule has 0 saturated heterocycles. The van der Waals surface area contributed by atoms with Crippen molar-refractivity contribution >= 4 is 12.0 Å². The number of carboxylic acid groups (broad SMARTS) is 1. The third-order valence-electron chi connectivity index (χ3n) is 2.07. The van der Waals surface area contributed by atoms with Crippen molar-refractivity contribution in [3.63, 3.8) is 0 Å². The lowest BCUT2D eigenvalue weighted by Crippen LogP contribution is -2.48. The molecule has 0 spiro atoms. The molecule has 9 nitrogen and oxygen atoms in total. The fourth-order valence-electron chi connectivity index (χ4n) is 1.18. The molecule has 0 aliphatic carbocycles. The lowest BCUT2D eigenvalue weighted by Gasteiger charge is -2.12. The minimum Gasteiger partial charge on any atom is -0.480 e. The van der Waals surface area contributed by atoms with E-state index >= 15 is 0 Å². The van der Waals surface area contributed by atoms with Gasteiger partial charge in [0.1, 0.15) is 6.33 Å². The first-order valence-corrected chi connectivity index (χ1v) is 5.25. The lowest BCUT2D eigenvalue weighted by atomic mass is 10.3. The van der Waals surface area contributed by atoms with Crippen LogP contribution < -0.4 is 10.6 Å². The summed E-state index contributed by atoms with van der Waals surface area (Å²) in [6.45, 7) is -0.391. The van der Waals surface area contributed by atoms with Crippen LogP contribution in [0.15, 0.2) is 6.33 Å². The second-order valence-corrected chi connectivity index (χ2v) is 3.56. The average Bonchev–Trinajstić information content (AvgIpc) is 2.71. The molecule has 4 N–H and O–H groups in total. The molecule has 0 fully saturated rings. The molecule has 1 heterocycles. The lowest BCUT2D eigenvalue weighted by molar-refractivity contribution is -0.140. The van der Waals surface area contributed by atoms with E-state index in [1.165, 1.54) is 0 Å². The van der Waals surface area contributed by atoms with Crippen molar-refractivity contribution in [1.82, 2.24) is 25.4 Å². The molecule has 18 heavy (non-hydrogen) atoms. The Labute approximate surface area is 103 Å². The number of aliphatic hydroxyl groups excluding tert-OH is 1. The van der Waals surface area contributed by atoms with E-state index in [1.54, 1.807) is 18.1 Å². The number of nitrogens with zero attached hydrogens (tertiary/aromatic N) is 3. The van der Waals surface area contributed by atoms with Gasteiger partial charge in [-0.25, -0.2) is 14.6 Å². The predicted octanol–water partition coefficient (Wildman–Crippen LogP) is -1.90. The zero-order chi connectivity index (χ0) is 13.5. The molecule has 0 aliphatic heterocycles. The molecule has 0 saturated carbocycles. The van der Waals surface area contributed by atoms with Crippen molar-refractivity contribution in [2.75, 3.05) is 13.2 Å². The topological polar surface area (TPSA) is 129 Å². The van der Waals surface area contributed by atoms with Crippen LogP contribution in [0.3, 0.4) is 0 Å². The van der Waals surface area contributed by atoms with Gasteiger partial charge in [0.05, 0.1) is 6.61 Å². The fraction of sp³-hybridized carbons (Fsp3) is 0.556. The van der Waals surface area contributed by atoms with E-state index < -0.39 is 24.6 Å². The highest BCUT2D eigenvalue weighted by Gasteiger charge is 2.18. The van der Waals surface area contributed by atoms with Crippen molar-refractivity contribution in [2.24, 2.45) is 7.05 Å². The predicted molar refractivity (Wildman–Crippen MR) is 59.8 cm³/mol. The van der Waals surface area contributed by atoms with Gasteiger partial charge in [-0.15, -0.1) is 0 Å². The van der Waals surface area contributed by atoms with Gasteiger partial charge in [-0.3, -0.25) is 4.68 Å². The van der Waals surface area contributed by atoms with Gasteiger partial charge in [-0.2, -0.15) is 5.10 Å². The van der Waals surface area contributed by atoms with Crippen LogP contribution >= 0.6 is 0 Å². The number of rotatable bonds is 6. The van der Waals surface area contributed by atoms with E-state index in [-0.39, 0.29) is 6.54 Å². The summed E-state index contributed by atoms with van der Waals surface area (Å²) in [7, 11) is 1.73. The van der Waals surface area contributed by atoms with Gasteiger partial charge in [-0.1, -0.05) is 0 Å². The van der Waals surface area contributed by atoms with E-state index in [2.05, 4.69) is 20.7 Å². The van der Waals surface area contributed by atoms with Crippen LogP contribution in [0, 0.1) is 0 Å². The Kier molecular flexibility index (Phi) is 5.06. The molecule has 1 aromatic heterocycles.